The monoisotopic (exact) mass is 944 g/mol. The highest BCUT2D eigenvalue weighted by atomic mass is 15.2. The second-order valence-corrected chi connectivity index (χ2v) is 21.2. The maximum absolute atomic E-state index is 2.58. The average molecular weight is 945 g/mol. The van der Waals surface area contributed by atoms with Gasteiger partial charge in [-0.05, 0) is 144 Å². The molecule has 0 radical (unpaired) electrons. The van der Waals surface area contributed by atoms with Crippen LogP contribution in [0, 0.1) is 41.5 Å². The van der Waals surface area contributed by atoms with Crippen LogP contribution in [-0.2, 0) is 0 Å². The molecule has 350 valence electrons. The van der Waals surface area contributed by atoms with Gasteiger partial charge >= 0.3 is 0 Å². The highest BCUT2D eigenvalue weighted by molar-refractivity contribution is 6.99. The molecule has 0 aromatic heterocycles. The molecule has 12 aromatic carbocycles. The van der Waals surface area contributed by atoms with Crippen molar-refractivity contribution >= 4 is 113 Å². The van der Waals surface area contributed by atoms with Crippen molar-refractivity contribution in [3.05, 3.63) is 252 Å². The molecule has 0 fully saturated rings. The summed E-state index contributed by atoms with van der Waals surface area (Å²) in [5.74, 6) is 0. The fourth-order valence-electron chi connectivity index (χ4n) is 13.7. The topological polar surface area (TPSA) is 6.48 Å². The van der Waals surface area contributed by atoms with Crippen molar-refractivity contribution in [3.8, 4) is 22.3 Å². The van der Waals surface area contributed by atoms with Gasteiger partial charge in [0.2, 0.25) is 13.4 Å². The maximum atomic E-state index is 2.58. The molecular weight excluding hydrogens is 890 g/mol. The predicted octanol–water partition coefficient (Wildman–Crippen LogP) is 14.4. The lowest BCUT2D eigenvalue weighted by Gasteiger charge is -2.40. The van der Waals surface area contributed by atoms with E-state index in [1.54, 1.807) is 0 Å². The summed E-state index contributed by atoms with van der Waals surface area (Å²) < 4.78 is 0. The number of fused-ring (bicyclic) bond motifs is 6. The Kier molecular flexibility index (Phi) is 10.1. The summed E-state index contributed by atoms with van der Waals surface area (Å²) in [6.45, 7) is 13.8. The van der Waals surface area contributed by atoms with E-state index in [0.29, 0.717) is 0 Å². The first kappa shape index (κ1) is 44.1. The Morgan fingerprint density at radius 3 is 1.01 bits per heavy atom. The minimum atomic E-state index is 0.0314. The fourth-order valence-corrected chi connectivity index (χ4v) is 13.7. The van der Waals surface area contributed by atoms with E-state index in [9.17, 15) is 0 Å². The average Bonchev–Trinajstić information content (AvgIpc) is 3.53. The molecule has 0 spiro atoms. The van der Waals surface area contributed by atoms with Crippen LogP contribution in [0.15, 0.2) is 218 Å². The smallest absolute Gasteiger partial charge is 0.247 e. The lowest BCUT2D eigenvalue weighted by atomic mass is 9.33. The van der Waals surface area contributed by atoms with Crippen molar-refractivity contribution in [3.63, 3.8) is 0 Å². The summed E-state index contributed by atoms with van der Waals surface area (Å²) in [7, 11) is 0. The van der Waals surface area contributed by atoms with E-state index in [2.05, 4.69) is 270 Å². The number of nitrogens with zero attached hydrogens (tertiary/aromatic N) is 2. The first-order valence-electron chi connectivity index (χ1n) is 26.2. The van der Waals surface area contributed by atoms with E-state index >= 15 is 0 Å². The van der Waals surface area contributed by atoms with Crippen molar-refractivity contribution in [2.45, 2.75) is 41.5 Å². The second-order valence-electron chi connectivity index (χ2n) is 21.2. The summed E-state index contributed by atoms with van der Waals surface area (Å²) in [5, 5.41) is 7.67. The van der Waals surface area contributed by atoms with Crippen molar-refractivity contribution in [1.82, 2.24) is 0 Å². The fraction of sp³-hybridized carbons (Fsp3) is 0.0857. The van der Waals surface area contributed by atoms with Gasteiger partial charge in [0.05, 0.1) is 0 Å². The van der Waals surface area contributed by atoms with Crippen LogP contribution in [0.1, 0.15) is 33.4 Å². The minimum Gasteiger partial charge on any atom is -0.311 e. The van der Waals surface area contributed by atoms with Crippen LogP contribution in [0.4, 0.5) is 34.1 Å². The molecule has 0 amide bonds. The van der Waals surface area contributed by atoms with Gasteiger partial charge in [-0.15, -0.1) is 0 Å². The third-order valence-corrected chi connectivity index (χ3v) is 16.5. The Labute approximate surface area is 435 Å². The van der Waals surface area contributed by atoms with E-state index < -0.39 is 0 Å². The Hall–Kier alpha value is -8.59. The Morgan fingerprint density at radius 1 is 0.297 bits per heavy atom. The van der Waals surface area contributed by atoms with Gasteiger partial charge in [0.15, 0.2) is 0 Å². The van der Waals surface area contributed by atoms with E-state index in [0.717, 1.165) is 11.4 Å². The molecule has 2 aliphatic rings. The quantitative estimate of drug-likeness (QED) is 0.121. The van der Waals surface area contributed by atoms with Crippen molar-refractivity contribution in [2.24, 2.45) is 0 Å². The van der Waals surface area contributed by atoms with Gasteiger partial charge < -0.3 is 9.80 Å². The summed E-state index contributed by atoms with van der Waals surface area (Å²) in [4.78, 5) is 5.15. The SMILES string of the molecule is Cc1cc(C)c(B2c3ccccc3N(c3ccc(-c4ccccc4)cc3)c3c2cc2ccc4c5c(cc6ccc3c2c64)B(c2c(C)cc(C)cc2C)c2ccccc2N5c2ccc(-c3ccccc3)cc2)c(C)c1. The molecule has 2 heterocycles. The van der Waals surface area contributed by atoms with E-state index in [-0.39, 0.29) is 13.4 Å². The lowest BCUT2D eigenvalue weighted by molar-refractivity contribution is 1.30. The van der Waals surface area contributed by atoms with Crippen LogP contribution in [0.25, 0.3) is 54.6 Å². The zero-order valence-electron chi connectivity index (χ0n) is 42.8. The molecule has 0 aliphatic carbocycles. The van der Waals surface area contributed by atoms with Gasteiger partial charge in [0.1, 0.15) is 0 Å². The molecular formula is C70H54B2N2. The largest absolute Gasteiger partial charge is 0.311 e. The van der Waals surface area contributed by atoms with E-state index in [1.165, 1.54) is 143 Å². The molecule has 0 N–H and O–H groups in total. The van der Waals surface area contributed by atoms with Gasteiger partial charge in [-0.1, -0.05) is 226 Å². The standard InChI is InChI=1S/C70H54B2N2/c1-43-37-45(3)67(46(4)38-43)71-59-21-13-15-23-63(59)73(55-31-25-51(26-32-55)49-17-9-7-10-18-49)69-57-35-30-54-42-62-70(58-36-29-53(41-61(69)71)65(57)66(54)58)74(56-33-27-52(28-34-56)50-19-11-8-12-20-50)64-24-16-14-22-60(64)72(62)68-47(5)39-44(2)40-48(68)6/h7-42H,1-6H3. The summed E-state index contributed by atoms with van der Waals surface area (Å²) in [6, 6.07) is 82.7. The molecule has 0 unspecified atom stereocenters. The summed E-state index contributed by atoms with van der Waals surface area (Å²) in [6.07, 6.45) is 0. The molecule has 0 saturated heterocycles. The molecule has 14 rings (SSSR count). The van der Waals surface area contributed by atoms with Crippen LogP contribution in [0.2, 0.25) is 0 Å². The van der Waals surface area contributed by atoms with Crippen LogP contribution < -0.4 is 42.6 Å². The minimum absolute atomic E-state index is 0.0314. The van der Waals surface area contributed by atoms with Crippen LogP contribution >= 0.6 is 0 Å². The number of benzene rings is 12. The predicted molar refractivity (Wildman–Crippen MR) is 321 cm³/mol. The van der Waals surface area contributed by atoms with Crippen molar-refractivity contribution in [2.75, 3.05) is 9.80 Å². The van der Waals surface area contributed by atoms with Gasteiger partial charge in [-0.2, -0.15) is 0 Å². The Balaban J connectivity index is 1.07. The third-order valence-electron chi connectivity index (χ3n) is 16.5. The summed E-state index contributed by atoms with van der Waals surface area (Å²) in [5.41, 5.74) is 28.1. The molecule has 0 saturated carbocycles. The third kappa shape index (κ3) is 6.74. The van der Waals surface area contributed by atoms with Gasteiger partial charge in [0, 0.05) is 44.9 Å². The number of anilines is 6. The van der Waals surface area contributed by atoms with Crippen LogP contribution in [0.5, 0.6) is 0 Å². The highest BCUT2D eigenvalue weighted by Gasteiger charge is 2.41. The highest BCUT2D eigenvalue weighted by Crippen LogP contribution is 2.49. The van der Waals surface area contributed by atoms with E-state index in [1.807, 2.05) is 0 Å². The molecule has 0 atom stereocenters. The van der Waals surface area contributed by atoms with Crippen molar-refractivity contribution < 1.29 is 0 Å². The number of rotatable bonds is 6. The number of aryl methyl sites for hydroxylation is 6. The number of hydrogen-bond donors (Lipinski definition) is 0. The molecule has 2 aliphatic heterocycles. The number of para-hydroxylation sites is 2. The normalized spacial score (nSPS) is 12.9. The summed E-state index contributed by atoms with van der Waals surface area (Å²) >= 11 is 0. The lowest BCUT2D eigenvalue weighted by Crippen LogP contribution is -2.59. The Morgan fingerprint density at radius 2 is 0.635 bits per heavy atom. The second kappa shape index (κ2) is 17.0. The first-order valence-corrected chi connectivity index (χ1v) is 26.2. The van der Waals surface area contributed by atoms with Gasteiger partial charge in [0.25, 0.3) is 0 Å². The zero-order valence-corrected chi connectivity index (χ0v) is 42.8. The molecule has 4 heteroatoms. The molecule has 12 aromatic rings. The van der Waals surface area contributed by atoms with E-state index in [4.69, 9.17) is 0 Å². The van der Waals surface area contributed by atoms with Crippen LogP contribution in [-0.4, -0.2) is 13.4 Å². The maximum Gasteiger partial charge on any atom is 0.247 e. The zero-order chi connectivity index (χ0) is 49.9. The van der Waals surface area contributed by atoms with Gasteiger partial charge in [-0.3, -0.25) is 0 Å². The van der Waals surface area contributed by atoms with Crippen molar-refractivity contribution in [1.29, 1.82) is 0 Å². The van der Waals surface area contributed by atoms with Crippen LogP contribution in [0.3, 0.4) is 0 Å². The first-order chi connectivity index (χ1) is 36.2. The molecule has 0 bridgehead atoms. The van der Waals surface area contributed by atoms with Gasteiger partial charge in [-0.25, -0.2) is 0 Å². The molecule has 2 nitrogen and oxygen atoms in total. The molecule has 74 heavy (non-hydrogen) atoms. The Bertz CT molecular complexity index is 3880. The number of hydrogen-bond acceptors (Lipinski definition) is 2.